The van der Waals surface area contributed by atoms with Crippen molar-refractivity contribution in [1.82, 2.24) is 4.57 Å². The summed E-state index contributed by atoms with van der Waals surface area (Å²) in [7, 11) is 0. The quantitative estimate of drug-likeness (QED) is 0.273. The average Bonchev–Trinajstić information content (AvgIpc) is 3.30. The molecule has 0 unspecified atom stereocenters. The molecular weight excluding hydrogens is 386 g/mol. The number of rotatable bonds is 2. The van der Waals surface area contributed by atoms with Crippen molar-refractivity contribution in [3.8, 4) is 16.9 Å². The van der Waals surface area contributed by atoms with E-state index in [4.69, 9.17) is 0 Å². The minimum absolute atomic E-state index is 0.0545. The normalized spacial score (nSPS) is 14.7. The predicted molar refractivity (Wildman–Crippen MR) is 138 cm³/mol. The number of fused-ring (bicyclic) bond motifs is 7. The summed E-state index contributed by atoms with van der Waals surface area (Å²) in [5.74, 6) is 0. The van der Waals surface area contributed by atoms with E-state index in [-0.39, 0.29) is 5.41 Å². The molecule has 1 heteroatoms. The van der Waals surface area contributed by atoms with E-state index in [0.29, 0.717) is 0 Å². The Morgan fingerprint density at radius 1 is 0.812 bits per heavy atom. The van der Waals surface area contributed by atoms with Crippen LogP contribution in [0.25, 0.3) is 44.2 Å². The summed E-state index contributed by atoms with van der Waals surface area (Å²) in [5, 5.41) is 4.01. The van der Waals surface area contributed by atoms with Crippen LogP contribution in [0, 0.1) is 0 Å². The van der Waals surface area contributed by atoms with E-state index in [0.717, 1.165) is 0 Å². The summed E-state index contributed by atoms with van der Waals surface area (Å²) in [6.07, 6.45) is 2.17. The SMILES string of the molecule is C/C=C(\C)c1ccc(-n2c3c(c4c5ccccc5ccc42)C(C)(C)c2ccccc2-3)cc1. The van der Waals surface area contributed by atoms with Gasteiger partial charge in [0.25, 0.3) is 0 Å². The van der Waals surface area contributed by atoms with Crippen molar-refractivity contribution in [1.29, 1.82) is 0 Å². The maximum atomic E-state index is 2.49. The van der Waals surface area contributed by atoms with Crippen molar-refractivity contribution in [2.24, 2.45) is 0 Å². The zero-order valence-electron chi connectivity index (χ0n) is 19.1. The number of nitrogens with zero attached hydrogens (tertiary/aromatic N) is 1. The molecule has 0 amide bonds. The molecule has 32 heavy (non-hydrogen) atoms. The smallest absolute Gasteiger partial charge is 0.0585 e. The van der Waals surface area contributed by atoms with Crippen molar-refractivity contribution >= 4 is 27.2 Å². The van der Waals surface area contributed by atoms with Crippen LogP contribution in [0.3, 0.4) is 0 Å². The molecule has 0 saturated carbocycles. The van der Waals surface area contributed by atoms with Gasteiger partial charge in [-0.1, -0.05) is 86.7 Å². The first-order valence-electron chi connectivity index (χ1n) is 11.4. The predicted octanol–water partition coefficient (Wildman–Crippen LogP) is 8.51. The van der Waals surface area contributed by atoms with Gasteiger partial charge in [0.15, 0.2) is 0 Å². The molecule has 1 aliphatic carbocycles. The highest BCUT2D eigenvalue weighted by atomic mass is 15.0. The van der Waals surface area contributed by atoms with Gasteiger partial charge in [-0.3, -0.25) is 0 Å². The summed E-state index contributed by atoms with van der Waals surface area (Å²) in [4.78, 5) is 0. The Bertz CT molecular complexity index is 1540. The van der Waals surface area contributed by atoms with Crippen molar-refractivity contribution in [2.75, 3.05) is 0 Å². The van der Waals surface area contributed by atoms with Gasteiger partial charge in [-0.25, -0.2) is 0 Å². The third kappa shape index (κ3) is 2.45. The highest BCUT2D eigenvalue weighted by Crippen LogP contribution is 2.54. The standard InChI is InChI=1S/C31H27N/c1-5-20(2)21-14-17-23(18-15-21)32-27-19-16-22-10-6-7-11-24(22)28(27)29-30(32)25-12-8-9-13-26(25)31(29,3)4/h5-19H,1-4H3/b20-5+. The number of hydrogen-bond donors (Lipinski definition) is 0. The van der Waals surface area contributed by atoms with Crippen LogP contribution in [0.1, 0.15) is 44.4 Å². The average molecular weight is 414 g/mol. The third-order valence-electron chi connectivity index (χ3n) is 7.35. The first-order valence-corrected chi connectivity index (χ1v) is 11.4. The van der Waals surface area contributed by atoms with Crippen LogP contribution in [0.2, 0.25) is 0 Å². The Morgan fingerprint density at radius 2 is 1.53 bits per heavy atom. The number of benzene rings is 4. The topological polar surface area (TPSA) is 4.93 Å². The van der Waals surface area contributed by atoms with Crippen LogP contribution in [-0.2, 0) is 5.41 Å². The second kappa shape index (κ2) is 6.71. The molecule has 0 radical (unpaired) electrons. The van der Waals surface area contributed by atoms with E-state index in [9.17, 15) is 0 Å². The summed E-state index contributed by atoms with van der Waals surface area (Å²) in [5.41, 5.74) is 10.6. The number of allylic oxidation sites excluding steroid dienone is 2. The lowest BCUT2D eigenvalue weighted by atomic mass is 9.81. The molecular formula is C31H27N. The van der Waals surface area contributed by atoms with E-state index in [1.165, 1.54) is 60.9 Å². The summed E-state index contributed by atoms with van der Waals surface area (Å²) in [6.45, 7) is 9.02. The van der Waals surface area contributed by atoms with Gasteiger partial charge < -0.3 is 4.57 Å². The maximum absolute atomic E-state index is 2.49. The Labute approximate surface area is 189 Å². The molecule has 1 aromatic heterocycles. The zero-order chi connectivity index (χ0) is 22.0. The fourth-order valence-corrected chi connectivity index (χ4v) is 5.60. The van der Waals surface area contributed by atoms with E-state index in [1.807, 2.05) is 0 Å². The van der Waals surface area contributed by atoms with Gasteiger partial charge in [0.05, 0.1) is 11.2 Å². The molecule has 4 aromatic carbocycles. The minimum atomic E-state index is -0.0545. The molecule has 0 aliphatic heterocycles. The number of aromatic nitrogens is 1. The lowest BCUT2D eigenvalue weighted by Gasteiger charge is -2.21. The van der Waals surface area contributed by atoms with Crippen LogP contribution in [0.4, 0.5) is 0 Å². The molecule has 156 valence electrons. The largest absolute Gasteiger partial charge is 0.309 e. The van der Waals surface area contributed by atoms with E-state index < -0.39 is 0 Å². The van der Waals surface area contributed by atoms with Gasteiger partial charge in [0, 0.05) is 22.1 Å². The Balaban J connectivity index is 1.77. The Hall–Kier alpha value is -3.58. The summed E-state index contributed by atoms with van der Waals surface area (Å²) >= 11 is 0. The van der Waals surface area contributed by atoms with Crippen LogP contribution in [0.15, 0.2) is 91.0 Å². The molecule has 0 spiro atoms. The molecule has 0 fully saturated rings. The molecule has 0 N–H and O–H groups in total. The van der Waals surface area contributed by atoms with Gasteiger partial charge in [0.2, 0.25) is 0 Å². The Kier molecular flexibility index (Phi) is 4.01. The second-order valence-electron chi connectivity index (χ2n) is 9.43. The van der Waals surface area contributed by atoms with E-state index in [1.54, 1.807) is 0 Å². The van der Waals surface area contributed by atoms with Crippen molar-refractivity contribution in [3.63, 3.8) is 0 Å². The van der Waals surface area contributed by atoms with Gasteiger partial charge >= 0.3 is 0 Å². The Morgan fingerprint density at radius 3 is 2.31 bits per heavy atom. The highest BCUT2D eigenvalue weighted by Gasteiger charge is 2.40. The first kappa shape index (κ1) is 19.1. The second-order valence-corrected chi connectivity index (χ2v) is 9.43. The summed E-state index contributed by atoms with van der Waals surface area (Å²) in [6, 6.07) is 31.3. The number of hydrogen-bond acceptors (Lipinski definition) is 0. The van der Waals surface area contributed by atoms with Crippen LogP contribution >= 0.6 is 0 Å². The molecule has 1 heterocycles. The van der Waals surface area contributed by atoms with Crippen molar-refractivity contribution in [3.05, 3.63) is 108 Å². The molecule has 1 aliphatic rings. The van der Waals surface area contributed by atoms with Crippen LogP contribution < -0.4 is 0 Å². The zero-order valence-corrected chi connectivity index (χ0v) is 19.1. The first-order chi connectivity index (χ1) is 15.5. The fourth-order valence-electron chi connectivity index (χ4n) is 5.60. The van der Waals surface area contributed by atoms with Gasteiger partial charge in [0.1, 0.15) is 0 Å². The molecule has 1 nitrogen and oxygen atoms in total. The van der Waals surface area contributed by atoms with Crippen molar-refractivity contribution in [2.45, 2.75) is 33.1 Å². The molecule has 6 rings (SSSR count). The maximum Gasteiger partial charge on any atom is 0.0585 e. The fraction of sp³-hybridized carbons (Fsp3) is 0.161. The molecule has 0 bridgehead atoms. The van der Waals surface area contributed by atoms with Crippen LogP contribution in [0.5, 0.6) is 0 Å². The lowest BCUT2D eigenvalue weighted by molar-refractivity contribution is 0.666. The van der Waals surface area contributed by atoms with E-state index in [2.05, 4.69) is 123 Å². The summed E-state index contributed by atoms with van der Waals surface area (Å²) < 4.78 is 2.49. The highest BCUT2D eigenvalue weighted by molar-refractivity contribution is 6.13. The van der Waals surface area contributed by atoms with Gasteiger partial charge in [-0.15, -0.1) is 0 Å². The van der Waals surface area contributed by atoms with Crippen molar-refractivity contribution < 1.29 is 0 Å². The van der Waals surface area contributed by atoms with Gasteiger partial charge in [-0.05, 0) is 65.1 Å². The van der Waals surface area contributed by atoms with E-state index >= 15 is 0 Å². The lowest BCUT2D eigenvalue weighted by Crippen LogP contribution is -2.14. The molecule has 5 aromatic rings. The minimum Gasteiger partial charge on any atom is -0.309 e. The molecule has 0 atom stereocenters. The molecule has 0 saturated heterocycles. The third-order valence-corrected chi connectivity index (χ3v) is 7.35. The van der Waals surface area contributed by atoms with Crippen LogP contribution in [-0.4, -0.2) is 4.57 Å². The van der Waals surface area contributed by atoms with Gasteiger partial charge in [-0.2, -0.15) is 0 Å². The monoisotopic (exact) mass is 413 g/mol.